The number of hydrogen-bond acceptors (Lipinski definition) is 6. The lowest BCUT2D eigenvalue weighted by molar-refractivity contribution is 0.0985. The van der Waals surface area contributed by atoms with Crippen molar-refractivity contribution in [3.05, 3.63) is 41.6 Å². The summed E-state index contributed by atoms with van der Waals surface area (Å²) in [5, 5.41) is 0.175. The van der Waals surface area contributed by atoms with Gasteiger partial charge >= 0.3 is 0 Å². The summed E-state index contributed by atoms with van der Waals surface area (Å²) in [6.07, 6.45) is 3.27. The van der Waals surface area contributed by atoms with Crippen LogP contribution in [0.15, 0.2) is 35.5 Å². The number of pyridine rings is 1. The van der Waals surface area contributed by atoms with E-state index in [2.05, 4.69) is 26.8 Å². The van der Waals surface area contributed by atoms with Crippen molar-refractivity contribution >= 4 is 28.2 Å². The number of hydrogen-bond donors (Lipinski definition) is 0. The van der Waals surface area contributed by atoms with Gasteiger partial charge in [-0.2, -0.15) is 0 Å². The Kier molecular flexibility index (Phi) is 5.20. The van der Waals surface area contributed by atoms with Gasteiger partial charge in [0.25, 0.3) is 0 Å². The molecular weight excluding hydrogens is 336 g/mol. The van der Waals surface area contributed by atoms with E-state index in [1.54, 1.807) is 24.5 Å². The van der Waals surface area contributed by atoms with E-state index in [1.165, 1.54) is 0 Å². The Morgan fingerprint density at radius 2 is 2.17 bits per heavy atom. The molecule has 0 radical (unpaired) electrons. The Bertz CT molecular complexity index is 701. The molecule has 1 aliphatic rings. The van der Waals surface area contributed by atoms with Gasteiger partial charge in [-0.3, -0.25) is 4.98 Å². The average Bonchev–Trinajstić information content (AvgIpc) is 2.55. The third-order valence-corrected chi connectivity index (χ3v) is 5.31. The molecule has 0 N–H and O–H groups in total. The fraction of sp³-hybridized carbons (Fsp3) is 0.400. The largest absolute Gasteiger partial charge is 0.377 e. The van der Waals surface area contributed by atoms with Gasteiger partial charge in [-0.05, 0) is 18.5 Å². The molecule has 23 heavy (non-hydrogen) atoms. The van der Waals surface area contributed by atoms with Crippen LogP contribution >= 0.6 is 11.6 Å². The highest BCUT2D eigenvalue weighted by Gasteiger charge is 2.22. The van der Waals surface area contributed by atoms with Gasteiger partial charge in [-0.25, -0.2) is 9.97 Å². The molecule has 0 bridgehead atoms. The van der Waals surface area contributed by atoms with Gasteiger partial charge in [0, 0.05) is 37.1 Å². The number of rotatable bonds is 4. The predicted molar refractivity (Wildman–Crippen MR) is 90.3 cm³/mol. The van der Waals surface area contributed by atoms with Crippen LogP contribution in [0.2, 0.25) is 5.28 Å². The fourth-order valence-corrected chi connectivity index (χ4v) is 3.80. The van der Waals surface area contributed by atoms with Crippen LogP contribution in [0.1, 0.15) is 12.6 Å². The Hall–Kier alpha value is -1.57. The zero-order chi connectivity index (χ0) is 16.2. The van der Waals surface area contributed by atoms with E-state index in [9.17, 15) is 4.21 Å². The molecule has 2 atom stereocenters. The highest BCUT2D eigenvalue weighted by Crippen LogP contribution is 2.21. The van der Waals surface area contributed by atoms with Crippen LogP contribution in [0.4, 0.5) is 5.82 Å². The van der Waals surface area contributed by atoms with Crippen LogP contribution in [-0.2, 0) is 25.5 Å². The Labute approximate surface area is 142 Å². The molecule has 1 aliphatic heterocycles. The van der Waals surface area contributed by atoms with Crippen molar-refractivity contribution in [3.63, 3.8) is 0 Å². The SMILES string of the molecule is CC1COCCN1c1cc(C[SH+](=O)c2ccncc2)nc(Cl)n1. The summed E-state index contributed by atoms with van der Waals surface area (Å²) >= 11 is 6.06. The Balaban J connectivity index is 1.81. The third kappa shape index (κ3) is 4.04. The molecule has 2 aromatic heterocycles. The molecule has 1 saturated heterocycles. The van der Waals surface area contributed by atoms with Crippen LogP contribution in [0.5, 0.6) is 0 Å². The molecule has 0 spiro atoms. The Morgan fingerprint density at radius 1 is 1.39 bits per heavy atom. The minimum Gasteiger partial charge on any atom is -0.377 e. The van der Waals surface area contributed by atoms with Gasteiger partial charge in [0.2, 0.25) is 5.28 Å². The molecule has 8 heteroatoms. The van der Waals surface area contributed by atoms with Gasteiger partial charge < -0.3 is 9.64 Å². The maximum atomic E-state index is 12.5. The third-order valence-electron chi connectivity index (χ3n) is 3.66. The van der Waals surface area contributed by atoms with E-state index < -0.39 is 10.8 Å². The quantitative estimate of drug-likeness (QED) is 0.476. The lowest BCUT2D eigenvalue weighted by Gasteiger charge is -2.34. The standard InChI is InChI=1S/C15H17ClN4O2S/c1-11-9-22-7-6-20(11)14-8-12(18-15(16)19-14)10-23(21)13-2-4-17-5-3-13/h2-5,8,11H,6-7,9-10H2,1H3/p+1. The minimum atomic E-state index is -1.59. The highest BCUT2D eigenvalue weighted by molar-refractivity contribution is 7.84. The molecule has 6 nitrogen and oxygen atoms in total. The van der Waals surface area contributed by atoms with Gasteiger partial charge in [0.15, 0.2) is 10.6 Å². The van der Waals surface area contributed by atoms with Crippen LogP contribution in [0.3, 0.4) is 0 Å². The number of nitrogens with zero attached hydrogens (tertiary/aromatic N) is 4. The number of ether oxygens (including phenoxy) is 1. The zero-order valence-electron chi connectivity index (χ0n) is 12.7. The molecular formula is C15H18ClN4O2S+. The summed E-state index contributed by atoms with van der Waals surface area (Å²) in [6.45, 7) is 4.14. The fourth-order valence-electron chi connectivity index (χ4n) is 2.50. The molecule has 3 heterocycles. The molecule has 0 amide bonds. The first-order chi connectivity index (χ1) is 11.1. The van der Waals surface area contributed by atoms with Gasteiger partial charge in [-0.15, -0.1) is 4.21 Å². The minimum absolute atomic E-state index is 0.175. The lowest BCUT2D eigenvalue weighted by atomic mass is 10.2. The molecule has 3 rings (SSSR count). The van der Waals surface area contributed by atoms with E-state index in [0.29, 0.717) is 24.7 Å². The highest BCUT2D eigenvalue weighted by atomic mass is 35.5. The average molecular weight is 354 g/mol. The zero-order valence-corrected chi connectivity index (χ0v) is 14.4. The Morgan fingerprint density at radius 3 is 2.91 bits per heavy atom. The molecule has 2 aromatic rings. The second kappa shape index (κ2) is 7.33. The summed E-state index contributed by atoms with van der Waals surface area (Å²) in [7, 11) is -1.59. The number of halogens is 1. The summed E-state index contributed by atoms with van der Waals surface area (Å²) in [4.78, 5) is 15.4. The molecule has 2 unspecified atom stereocenters. The van der Waals surface area contributed by atoms with Crippen molar-refractivity contribution in [1.29, 1.82) is 0 Å². The number of morpholine rings is 1. The lowest BCUT2D eigenvalue weighted by Crippen LogP contribution is -2.44. The van der Waals surface area contributed by atoms with Gasteiger partial charge in [-0.1, -0.05) is 0 Å². The van der Waals surface area contributed by atoms with E-state index in [4.69, 9.17) is 16.3 Å². The van der Waals surface area contributed by atoms with E-state index in [1.807, 2.05) is 6.07 Å². The van der Waals surface area contributed by atoms with Crippen molar-refractivity contribution < 1.29 is 8.95 Å². The van der Waals surface area contributed by atoms with Crippen molar-refractivity contribution in [2.24, 2.45) is 0 Å². The topological polar surface area (TPSA) is 68.2 Å². The summed E-state index contributed by atoms with van der Waals surface area (Å²) in [5.41, 5.74) is 0.677. The molecule has 1 fully saturated rings. The van der Waals surface area contributed by atoms with E-state index >= 15 is 0 Å². The maximum Gasteiger partial charge on any atom is 0.224 e. The van der Waals surface area contributed by atoms with Crippen molar-refractivity contribution in [2.45, 2.75) is 23.6 Å². The normalized spacial score (nSPS) is 19.6. The summed E-state index contributed by atoms with van der Waals surface area (Å²) < 4.78 is 17.9. The summed E-state index contributed by atoms with van der Waals surface area (Å²) in [5.74, 6) is 1.08. The first-order valence-electron chi connectivity index (χ1n) is 7.36. The van der Waals surface area contributed by atoms with E-state index in [0.717, 1.165) is 17.3 Å². The molecule has 0 saturated carbocycles. The van der Waals surface area contributed by atoms with Crippen LogP contribution in [-0.4, -0.2) is 40.8 Å². The molecule has 0 aromatic carbocycles. The van der Waals surface area contributed by atoms with E-state index in [-0.39, 0.29) is 11.3 Å². The van der Waals surface area contributed by atoms with Crippen molar-refractivity contribution in [2.75, 3.05) is 24.7 Å². The van der Waals surface area contributed by atoms with Crippen LogP contribution < -0.4 is 4.90 Å². The monoisotopic (exact) mass is 353 g/mol. The molecule has 0 aliphatic carbocycles. The maximum absolute atomic E-state index is 12.5. The van der Waals surface area contributed by atoms with Crippen LogP contribution in [0.25, 0.3) is 0 Å². The second-order valence-corrected chi connectivity index (χ2v) is 7.27. The first kappa shape index (κ1) is 16.3. The molecule has 122 valence electrons. The van der Waals surface area contributed by atoms with Gasteiger partial charge in [0.1, 0.15) is 16.6 Å². The smallest absolute Gasteiger partial charge is 0.224 e. The summed E-state index contributed by atoms with van der Waals surface area (Å²) in [6, 6.07) is 5.60. The van der Waals surface area contributed by atoms with Crippen LogP contribution in [0, 0.1) is 0 Å². The number of aromatic nitrogens is 3. The van der Waals surface area contributed by atoms with Crippen molar-refractivity contribution in [3.8, 4) is 0 Å². The second-order valence-electron chi connectivity index (χ2n) is 5.35. The predicted octanol–water partition coefficient (Wildman–Crippen LogP) is 2.01. The van der Waals surface area contributed by atoms with Gasteiger partial charge in [0.05, 0.1) is 24.9 Å². The number of thiol groups is 1. The first-order valence-corrected chi connectivity index (χ1v) is 9.18. The number of anilines is 1. The van der Waals surface area contributed by atoms with Crippen molar-refractivity contribution in [1.82, 2.24) is 15.0 Å².